The number of aryl methyl sites for hydroxylation is 1. The van der Waals surface area contributed by atoms with Crippen molar-refractivity contribution in [1.29, 1.82) is 0 Å². The number of carbonyl (C=O) groups is 1. The van der Waals surface area contributed by atoms with Crippen LogP contribution >= 0.6 is 11.3 Å². The van der Waals surface area contributed by atoms with Gasteiger partial charge in [-0.05, 0) is 55.0 Å². The lowest BCUT2D eigenvalue weighted by molar-refractivity contribution is -0.134. The van der Waals surface area contributed by atoms with Crippen LogP contribution in [0, 0.1) is 5.92 Å². The molecule has 1 atom stereocenters. The molecule has 1 N–H and O–H groups in total. The molecule has 1 aromatic rings. The number of hydrogen-bond donors (Lipinski definition) is 1. The van der Waals surface area contributed by atoms with Crippen molar-refractivity contribution in [1.82, 2.24) is 4.90 Å². The Kier molecular flexibility index (Phi) is 3.89. The van der Waals surface area contributed by atoms with Gasteiger partial charge in [-0.15, -0.1) is 11.3 Å². The third-order valence-corrected chi connectivity index (χ3v) is 5.53. The fourth-order valence-corrected chi connectivity index (χ4v) is 4.29. The first kappa shape index (κ1) is 13.1. The Hall–Kier alpha value is -0.870. The lowest BCUT2D eigenvalue weighted by atomic mass is 9.86. The van der Waals surface area contributed by atoms with Crippen LogP contribution in [0.5, 0.6) is 0 Å². The normalized spacial score (nSPS) is 24.3. The molecule has 1 aliphatic heterocycles. The molecule has 1 amide bonds. The van der Waals surface area contributed by atoms with Gasteiger partial charge >= 0.3 is 0 Å². The molecule has 0 spiro atoms. The predicted molar refractivity (Wildman–Crippen MR) is 76.4 cm³/mol. The highest BCUT2D eigenvalue weighted by molar-refractivity contribution is 7.10. The number of piperidine rings is 1. The maximum absolute atomic E-state index is 12.7. The minimum atomic E-state index is 0.0978. The number of likely N-dealkylation sites (tertiary alicyclic amines) is 1. The molecule has 1 aromatic heterocycles. The Morgan fingerprint density at radius 2 is 2.16 bits per heavy atom. The molecular weight excluding hydrogens is 258 g/mol. The summed E-state index contributed by atoms with van der Waals surface area (Å²) in [4.78, 5) is 16.1. The minimum absolute atomic E-state index is 0.0978. The summed E-state index contributed by atoms with van der Waals surface area (Å²) in [7, 11) is 0. The summed E-state index contributed by atoms with van der Waals surface area (Å²) >= 11 is 1.79. The lowest BCUT2D eigenvalue weighted by Crippen LogP contribution is -2.42. The number of aliphatic hydroxyl groups is 1. The molecule has 4 heteroatoms. The van der Waals surface area contributed by atoms with E-state index < -0.39 is 0 Å². The van der Waals surface area contributed by atoms with E-state index >= 15 is 0 Å². The van der Waals surface area contributed by atoms with Gasteiger partial charge in [-0.25, -0.2) is 0 Å². The van der Waals surface area contributed by atoms with Gasteiger partial charge < -0.3 is 10.0 Å². The summed E-state index contributed by atoms with van der Waals surface area (Å²) in [6.07, 6.45) is 5.18. The van der Waals surface area contributed by atoms with Crippen LogP contribution in [-0.4, -0.2) is 35.6 Å². The van der Waals surface area contributed by atoms with E-state index in [4.69, 9.17) is 5.11 Å². The lowest BCUT2D eigenvalue weighted by Gasteiger charge is -2.34. The highest BCUT2D eigenvalue weighted by atomic mass is 32.1. The van der Waals surface area contributed by atoms with Crippen LogP contribution in [0.4, 0.5) is 0 Å². The monoisotopic (exact) mass is 279 g/mol. The van der Waals surface area contributed by atoms with Crippen molar-refractivity contribution >= 4 is 17.2 Å². The Balaban J connectivity index is 1.69. The molecule has 0 radical (unpaired) electrons. The molecule has 19 heavy (non-hydrogen) atoms. The predicted octanol–water partition coefficient (Wildman–Crippen LogP) is 2.40. The molecule has 0 aromatic carbocycles. The van der Waals surface area contributed by atoms with Crippen LogP contribution < -0.4 is 0 Å². The van der Waals surface area contributed by atoms with Gasteiger partial charge in [0.1, 0.15) is 0 Å². The van der Waals surface area contributed by atoms with Crippen LogP contribution in [0.3, 0.4) is 0 Å². The second-order valence-corrected chi connectivity index (χ2v) is 6.70. The SMILES string of the molecule is O=C(C1CCCc2sccc21)N1CCC(CO)CC1. The second kappa shape index (κ2) is 5.63. The third-order valence-electron chi connectivity index (χ3n) is 4.53. The van der Waals surface area contributed by atoms with Crippen molar-refractivity contribution in [3.63, 3.8) is 0 Å². The van der Waals surface area contributed by atoms with E-state index in [1.54, 1.807) is 11.3 Å². The van der Waals surface area contributed by atoms with E-state index in [0.717, 1.165) is 45.2 Å². The van der Waals surface area contributed by atoms with Crippen molar-refractivity contribution in [2.75, 3.05) is 19.7 Å². The smallest absolute Gasteiger partial charge is 0.230 e. The first-order valence-electron chi connectivity index (χ1n) is 7.25. The van der Waals surface area contributed by atoms with Crippen LogP contribution in [-0.2, 0) is 11.2 Å². The standard InChI is InChI=1S/C15H21NO2S/c17-10-11-4-7-16(8-5-11)15(18)13-2-1-3-14-12(13)6-9-19-14/h6,9,11,13,17H,1-5,7-8,10H2. The molecule has 3 rings (SSSR count). The fourth-order valence-electron chi connectivity index (χ4n) is 3.30. The third kappa shape index (κ3) is 2.56. The fraction of sp³-hybridized carbons (Fsp3) is 0.667. The number of amides is 1. The van der Waals surface area contributed by atoms with Crippen LogP contribution in [0.1, 0.15) is 42.0 Å². The molecule has 0 bridgehead atoms. The van der Waals surface area contributed by atoms with Gasteiger partial charge in [0.2, 0.25) is 5.91 Å². The van der Waals surface area contributed by atoms with Crippen molar-refractivity contribution in [2.45, 2.75) is 38.0 Å². The Bertz CT molecular complexity index is 449. The zero-order chi connectivity index (χ0) is 13.2. The summed E-state index contributed by atoms with van der Waals surface area (Å²) in [6.45, 7) is 1.90. The van der Waals surface area contributed by atoms with Crippen LogP contribution in [0.2, 0.25) is 0 Å². The molecule has 3 nitrogen and oxygen atoms in total. The molecular formula is C15H21NO2S. The number of nitrogens with zero attached hydrogens (tertiary/aromatic N) is 1. The Morgan fingerprint density at radius 1 is 1.37 bits per heavy atom. The zero-order valence-corrected chi connectivity index (χ0v) is 12.0. The van der Waals surface area contributed by atoms with Crippen LogP contribution in [0.15, 0.2) is 11.4 Å². The van der Waals surface area contributed by atoms with Crippen molar-refractivity contribution < 1.29 is 9.90 Å². The molecule has 1 fully saturated rings. The zero-order valence-electron chi connectivity index (χ0n) is 11.2. The largest absolute Gasteiger partial charge is 0.396 e. The number of fused-ring (bicyclic) bond motifs is 1. The van der Waals surface area contributed by atoms with Gasteiger partial charge in [-0.1, -0.05) is 0 Å². The van der Waals surface area contributed by atoms with E-state index in [1.807, 2.05) is 4.90 Å². The van der Waals surface area contributed by atoms with Gasteiger partial charge in [-0.3, -0.25) is 4.79 Å². The number of hydrogen-bond acceptors (Lipinski definition) is 3. The average Bonchev–Trinajstić information content (AvgIpc) is 2.95. The van der Waals surface area contributed by atoms with Gasteiger partial charge in [0.05, 0.1) is 5.92 Å². The van der Waals surface area contributed by atoms with Crippen LogP contribution in [0.25, 0.3) is 0 Å². The van der Waals surface area contributed by atoms with E-state index in [-0.39, 0.29) is 12.5 Å². The molecule has 104 valence electrons. The molecule has 2 aliphatic rings. The first-order valence-corrected chi connectivity index (χ1v) is 8.13. The minimum Gasteiger partial charge on any atom is -0.396 e. The molecule has 0 saturated carbocycles. The summed E-state index contributed by atoms with van der Waals surface area (Å²) in [5, 5.41) is 11.3. The van der Waals surface area contributed by atoms with Crippen molar-refractivity contribution in [3.8, 4) is 0 Å². The van der Waals surface area contributed by atoms with E-state index in [0.29, 0.717) is 11.8 Å². The van der Waals surface area contributed by atoms with Gasteiger partial charge in [0.25, 0.3) is 0 Å². The number of rotatable bonds is 2. The molecule has 1 aliphatic carbocycles. The summed E-state index contributed by atoms with van der Waals surface area (Å²) in [5.41, 5.74) is 1.28. The van der Waals surface area contributed by atoms with E-state index in [1.165, 1.54) is 10.4 Å². The number of thiophene rings is 1. The average molecular weight is 279 g/mol. The highest BCUT2D eigenvalue weighted by Gasteiger charge is 2.32. The topological polar surface area (TPSA) is 40.5 Å². The maximum Gasteiger partial charge on any atom is 0.230 e. The quantitative estimate of drug-likeness (QED) is 0.903. The molecule has 1 unspecified atom stereocenters. The van der Waals surface area contributed by atoms with E-state index in [2.05, 4.69) is 11.4 Å². The van der Waals surface area contributed by atoms with Gasteiger partial charge in [0, 0.05) is 24.6 Å². The summed E-state index contributed by atoms with van der Waals surface area (Å²) < 4.78 is 0. The Labute approximate surface area is 118 Å². The summed E-state index contributed by atoms with van der Waals surface area (Å²) in [6, 6.07) is 2.14. The van der Waals surface area contributed by atoms with Crippen molar-refractivity contribution in [2.24, 2.45) is 5.92 Å². The second-order valence-electron chi connectivity index (χ2n) is 5.70. The van der Waals surface area contributed by atoms with Crippen molar-refractivity contribution in [3.05, 3.63) is 21.9 Å². The van der Waals surface area contributed by atoms with Gasteiger partial charge in [0.15, 0.2) is 0 Å². The number of aliphatic hydroxyl groups excluding tert-OH is 1. The molecule has 1 saturated heterocycles. The highest BCUT2D eigenvalue weighted by Crippen LogP contribution is 2.36. The van der Waals surface area contributed by atoms with E-state index in [9.17, 15) is 4.79 Å². The number of carbonyl (C=O) groups excluding carboxylic acids is 1. The first-order chi connectivity index (χ1) is 9.29. The molecule has 2 heterocycles. The Morgan fingerprint density at radius 3 is 2.89 bits per heavy atom. The maximum atomic E-state index is 12.7. The summed E-state index contributed by atoms with van der Waals surface area (Å²) in [5.74, 6) is 0.809. The van der Waals surface area contributed by atoms with Gasteiger partial charge in [-0.2, -0.15) is 0 Å².